The van der Waals surface area contributed by atoms with Gasteiger partial charge in [0.1, 0.15) is 4.90 Å². The van der Waals surface area contributed by atoms with Crippen molar-refractivity contribution < 1.29 is 13.2 Å². The summed E-state index contributed by atoms with van der Waals surface area (Å²) in [5, 5.41) is 1.38. The summed E-state index contributed by atoms with van der Waals surface area (Å²) in [5.41, 5.74) is 0.213. The Morgan fingerprint density at radius 2 is 1.74 bits per heavy atom. The van der Waals surface area contributed by atoms with Crippen molar-refractivity contribution in [2.75, 3.05) is 0 Å². The summed E-state index contributed by atoms with van der Waals surface area (Å²) in [4.78, 5) is 13.2. The summed E-state index contributed by atoms with van der Waals surface area (Å²) in [6, 6.07) is 13.8. The fourth-order valence-electron chi connectivity index (χ4n) is 2.68. The van der Waals surface area contributed by atoms with Gasteiger partial charge in [-0.15, -0.1) is 11.3 Å². The first kappa shape index (κ1) is 14.7. The maximum Gasteiger partial charge on any atom is 0.269 e. The molecule has 23 heavy (non-hydrogen) atoms. The molecule has 116 valence electrons. The average Bonchev–Trinajstić information content (AvgIpc) is 2.97. The first-order valence-electron chi connectivity index (χ1n) is 6.82. The fourth-order valence-corrected chi connectivity index (χ4v) is 5.78. The van der Waals surface area contributed by atoms with Gasteiger partial charge in [0.05, 0.1) is 17.1 Å². The van der Waals surface area contributed by atoms with E-state index in [0.717, 1.165) is 14.4 Å². The Morgan fingerprint density at radius 3 is 2.48 bits per heavy atom. The van der Waals surface area contributed by atoms with Gasteiger partial charge in [-0.2, -0.15) is 0 Å². The molecule has 0 unspecified atom stereocenters. The van der Waals surface area contributed by atoms with Crippen LogP contribution in [-0.2, 0) is 16.6 Å². The standard InChI is InChI=1S/C16H10ClNO3S2/c17-15-10-5-1-3-7-12(10)22-13(15)9-18-16(19)11-6-2-4-8-14(11)23(18,20)21/h1-8H,9H2. The smallest absolute Gasteiger partial charge is 0.268 e. The number of nitrogens with zero attached hydrogens (tertiary/aromatic N) is 1. The summed E-state index contributed by atoms with van der Waals surface area (Å²) < 4.78 is 27.0. The van der Waals surface area contributed by atoms with Crippen molar-refractivity contribution in [1.29, 1.82) is 0 Å². The molecule has 1 aliphatic rings. The second-order valence-corrected chi connectivity index (χ2v) is 8.49. The Balaban J connectivity index is 1.80. The topological polar surface area (TPSA) is 54.5 Å². The predicted octanol–water partition coefficient (Wildman–Crippen LogP) is 3.90. The average molecular weight is 364 g/mol. The van der Waals surface area contributed by atoms with Gasteiger partial charge in [0.25, 0.3) is 15.9 Å². The molecule has 0 saturated carbocycles. The zero-order valence-electron chi connectivity index (χ0n) is 11.7. The number of fused-ring (bicyclic) bond motifs is 2. The lowest BCUT2D eigenvalue weighted by molar-refractivity contribution is 0.0866. The van der Waals surface area contributed by atoms with E-state index < -0.39 is 15.9 Å². The summed E-state index contributed by atoms with van der Waals surface area (Å²) in [6.45, 7) is -0.0476. The lowest BCUT2D eigenvalue weighted by Crippen LogP contribution is -2.29. The van der Waals surface area contributed by atoms with Crippen LogP contribution in [0, 0.1) is 0 Å². The molecule has 0 spiro atoms. The molecule has 1 amide bonds. The molecule has 0 saturated heterocycles. The van der Waals surface area contributed by atoms with Crippen LogP contribution in [0.1, 0.15) is 15.2 Å². The minimum Gasteiger partial charge on any atom is -0.268 e. The van der Waals surface area contributed by atoms with Gasteiger partial charge < -0.3 is 0 Å². The Labute approximate surface area is 142 Å². The molecule has 0 bridgehead atoms. The molecular weight excluding hydrogens is 354 g/mol. The van der Waals surface area contributed by atoms with Crippen LogP contribution >= 0.6 is 22.9 Å². The van der Waals surface area contributed by atoms with Crippen LogP contribution in [0.5, 0.6) is 0 Å². The quantitative estimate of drug-likeness (QED) is 0.693. The molecule has 0 radical (unpaired) electrons. The first-order chi connectivity index (χ1) is 11.0. The van der Waals surface area contributed by atoms with Crippen LogP contribution in [0.4, 0.5) is 0 Å². The van der Waals surface area contributed by atoms with Gasteiger partial charge >= 0.3 is 0 Å². The second kappa shape index (κ2) is 5.06. The largest absolute Gasteiger partial charge is 0.269 e. The molecule has 2 heterocycles. The Hall–Kier alpha value is -1.89. The monoisotopic (exact) mass is 363 g/mol. The molecule has 4 rings (SSSR count). The molecule has 2 aromatic carbocycles. The molecular formula is C16H10ClNO3S2. The van der Waals surface area contributed by atoms with Crippen molar-refractivity contribution in [1.82, 2.24) is 4.31 Å². The van der Waals surface area contributed by atoms with Gasteiger partial charge in [-0.3, -0.25) is 4.79 Å². The van der Waals surface area contributed by atoms with Gasteiger partial charge in [0.2, 0.25) is 0 Å². The summed E-state index contributed by atoms with van der Waals surface area (Å²) in [7, 11) is -3.82. The number of hydrogen-bond donors (Lipinski definition) is 0. The van der Waals surface area contributed by atoms with Crippen LogP contribution < -0.4 is 0 Å². The Kier molecular flexibility index (Phi) is 3.23. The Bertz CT molecular complexity index is 1060. The lowest BCUT2D eigenvalue weighted by atomic mass is 10.2. The van der Waals surface area contributed by atoms with Crippen LogP contribution in [0.25, 0.3) is 10.1 Å². The molecule has 0 atom stereocenters. The minimum atomic E-state index is -3.82. The van der Waals surface area contributed by atoms with Gasteiger partial charge in [0, 0.05) is 15.0 Å². The third-order valence-corrected chi connectivity index (χ3v) is 7.29. The number of hydrogen-bond acceptors (Lipinski definition) is 4. The third-order valence-electron chi connectivity index (χ3n) is 3.80. The molecule has 1 aromatic heterocycles. The highest BCUT2D eigenvalue weighted by molar-refractivity contribution is 7.90. The number of amides is 1. The zero-order valence-corrected chi connectivity index (χ0v) is 14.1. The van der Waals surface area contributed by atoms with Crippen molar-refractivity contribution in [3.8, 4) is 0 Å². The normalized spacial score (nSPS) is 16.0. The van der Waals surface area contributed by atoms with E-state index in [4.69, 9.17) is 11.6 Å². The first-order valence-corrected chi connectivity index (χ1v) is 9.45. The maximum absolute atomic E-state index is 12.6. The summed E-state index contributed by atoms with van der Waals surface area (Å²) in [5.74, 6) is -0.505. The van der Waals surface area contributed by atoms with Gasteiger partial charge in [-0.1, -0.05) is 41.9 Å². The highest BCUT2D eigenvalue weighted by Crippen LogP contribution is 2.38. The van der Waals surface area contributed by atoms with Crippen LogP contribution in [0.15, 0.2) is 53.4 Å². The molecule has 3 aromatic rings. The van der Waals surface area contributed by atoms with E-state index in [9.17, 15) is 13.2 Å². The SMILES string of the molecule is O=C1c2ccccc2S(=O)(=O)N1Cc1sc2ccccc2c1Cl. The maximum atomic E-state index is 12.6. The van der Waals surface area contributed by atoms with Crippen molar-refractivity contribution in [2.24, 2.45) is 0 Å². The van der Waals surface area contributed by atoms with E-state index in [2.05, 4.69) is 0 Å². The van der Waals surface area contributed by atoms with E-state index >= 15 is 0 Å². The van der Waals surface area contributed by atoms with E-state index in [-0.39, 0.29) is 17.0 Å². The number of halogens is 1. The number of sulfonamides is 1. The van der Waals surface area contributed by atoms with Crippen LogP contribution in [0.2, 0.25) is 5.02 Å². The van der Waals surface area contributed by atoms with Gasteiger partial charge in [-0.25, -0.2) is 12.7 Å². The minimum absolute atomic E-state index is 0.0476. The number of rotatable bonds is 2. The summed E-state index contributed by atoms with van der Waals surface area (Å²) >= 11 is 7.77. The highest BCUT2D eigenvalue weighted by atomic mass is 35.5. The van der Waals surface area contributed by atoms with Crippen molar-refractivity contribution in [3.63, 3.8) is 0 Å². The van der Waals surface area contributed by atoms with Crippen molar-refractivity contribution in [2.45, 2.75) is 11.4 Å². The van der Waals surface area contributed by atoms with E-state index in [1.165, 1.54) is 23.5 Å². The number of carbonyl (C=O) groups excluding carboxylic acids is 1. The molecule has 0 fully saturated rings. The van der Waals surface area contributed by atoms with Crippen molar-refractivity contribution in [3.05, 3.63) is 64.0 Å². The lowest BCUT2D eigenvalue weighted by Gasteiger charge is -2.14. The van der Waals surface area contributed by atoms with Gasteiger partial charge in [0.15, 0.2) is 0 Å². The number of carbonyl (C=O) groups is 1. The molecule has 0 aliphatic carbocycles. The number of benzene rings is 2. The van der Waals surface area contributed by atoms with Gasteiger partial charge in [-0.05, 0) is 18.2 Å². The Morgan fingerprint density at radius 1 is 1.04 bits per heavy atom. The van der Waals surface area contributed by atoms with E-state index in [1.807, 2.05) is 24.3 Å². The third kappa shape index (κ3) is 2.09. The fraction of sp³-hybridized carbons (Fsp3) is 0.0625. The molecule has 1 aliphatic heterocycles. The molecule has 0 N–H and O–H groups in total. The predicted molar refractivity (Wildman–Crippen MR) is 90.3 cm³/mol. The second-order valence-electron chi connectivity index (χ2n) is 5.15. The van der Waals surface area contributed by atoms with E-state index in [0.29, 0.717) is 9.90 Å². The van der Waals surface area contributed by atoms with Crippen LogP contribution in [-0.4, -0.2) is 18.6 Å². The molecule has 7 heteroatoms. The van der Waals surface area contributed by atoms with Crippen molar-refractivity contribution >= 4 is 49.0 Å². The number of thiophene rings is 1. The highest BCUT2D eigenvalue weighted by Gasteiger charge is 2.41. The summed E-state index contributed by atoms with van der Waals surface area (Å²) in [6.07, 6.45) is 0. The van der Waals surface area contributed by atoms with E-state index in [1.54, 1.807) is 12.1 Å². The zero-order chi connectivity index (χ0) is 16.2. The molecule has 4 nitrogen and oxygen atoms in total. The van der Waals surface area contributed by atoms with Crippen LogP contribution in [0.3, 0.4) is 0 Å².